The van der Waals surface area contributed by atoms with Gasteiger partial charge in [-0.1, -0.05) is 0 Å². The van der Waals surface area contributed by atoms with E-state index in [1.807, 2.05) is 13.0 Å². The van der Waals surface area contributed by atoms with Gasteiger partial charge in [-0.15, -0.1) is 11.3 Å². The molecule has 4 nitrogen and oxygen atoms in total. The van der Waals surface area contributed by atoms with Gasteiger partial charge in [0.2, 0.25) is 11.8 Å². The fraction of sp³-hybridized carbons (Fsp3) is 0.500. The van der Waals surface area contributed by atoms with Crippen LogP contribution in [0.25, 0.3) is 0 Å². The van der Waals surface area contributed by atoms with Gasteiger partial charge in [-0.25, -0.2) is 0 Å². The second kappa shape index (κ2) is 5.95. The molecule has 2 rings (SSSR count). The average Bonchev–Trinajstić information content (AvgIpc) is 2.85. The molecule has 6 heteroatoms. The number of rotatable bonds is 5. The fourth-order valence-electron chi connectivity index (χ4n) is 2.03. The Morgan fingerprint density at radius 1 is 1.50 bits per heavy atom. The molecule has 0 spiro atoms. The van der Waals surface area contributed by atoms with Crippen molar-refractivity contribution in [3.05, 3.63) is 20.8 Å². The van der Waals surface area contributed by atoms with Crippen LogP contribution in [0.4, 0.5) is 0 Å². The molecule has 1 atom stereocenters. The number of thiophene rings is 1. The third kappa shape index (κ3) is 2.99. The number of carbonyl (C=O) groups is 2. The number of hydrogen-bond donors (Lipinski definition) is 1. The van der Waals surface area contributed by atoms with Crippen molar-refractivity contribution in [2.24, 2.45) is 0 Å². The number of nitrogens with zero attached hydrogens (tertiary/aromatic N) is 1. The molecule has 98 valence electrons. The molecule has 1 N–H and O–H groups in total. The lowest BCUT2D eigenvalue weighted by atomic mass is 10.2. The largest absolute Gasteiger partial charge is 0.305 e. The van der Waals surface area contributed by atoms with Gasteiger partial charge in [0.25, 0.3) is 0 Å². The molecule has 1 unspecified atom stereocenters. The fourth-order valence-corrected chi connectivity index (χ4v) is 3.51. The van der Waals surface area contributed by atoms with E-state index in [1.165, 1.54) is 9.78 Å². The maximum atomic E-state index is 11.8. The van der Waals surface area contributed by atoms with E-state index in [9.17, 15) is 9.59 Å². The molecule has 1 aliphatic heterocycles. The van der Waals surface area contributed by atoms with Gasteiger partial charge in [0.1, 0.15) is 0 Å². The summed E-state index contributed by atoms with van der Waals surface area (Å²) in [6.07, 6.45) is 1.17. The van der Waals surface area contributed by atoms with E-state index in [0.717, 1.165) is 10.2 Å². The molecule has 1 aromatic heterocycles. The van der Waals surface area contributed by atoms with Crippen molar-refractivity contribution in [2.75, 3.05) is 13.1 Å². The van der Waals surface area contributed by atoms with Crippen LogP contribution in [0.15, 0.2) is 15.9 Å². The monoisotopic (exact) mass is 330 g/mol. The lowest BCUT2D eigenvalue weighted by molar-refractivity contribution is -0.138. The first-order valence-corrected chi connectivity index (χ1v) is 7.54. The van der Waals surface area contributed by atoms with E-state index in [0.29, 0.717) is 19.5 Å². The minimum Gasteiger partial charge on any atom is -0.305 e. The Morgan fingerprint density at radius 2 is 2.28 bits per heavy atom. The van der Waals surface area contributed by atoms with Gasteiger partial charge in [-0.2, -0.15) is 0 Å². The molecule has 0 aromatic carbocycles. The SMILES string of the molecule is CCN1C(=O)CC(NCCc2ccc(Br)s2)C1=O. The molecule has 2 heterocycles. The third-order valence-electron chi connectivity index (χ3n) is 2.95. The van der Waals surface area contributed by atoms with Crippen LogP contribution in [0.1, 0.15) is 18.2 Å². The average molecular weight is 331 g/mol. The van der Waals surface area contributed by atoms with Gasteiger partial charge in [-0.3, -0.25) is 14.5 Å². The molecule has 1 aromatic rings. The quantitative estimate of drug-likeness (QED) is 0.837. The van der Waals surface area contributed by atoms with Crippen molar-refractivity contribution in [2.45, 2.75) is 25.8 Å². The Bertz CT molecular complexity index is 461. The lowest BCUT2D eigenvalue weighted by Gasteiger charge is -2.12. The molecule has 0 radical (unpaired) electrons. The number of amides is 2. The normalized spacial score (nSPS) is 19.9. The minimum atomic E-state index is -0.333. The third-order valence-corrected chi connectivity index (χ3v) is 4.63. The Hall–Kier alpha value is -0.720. The van der Waals surface area contributed by atoms with E-state index in [1.54, 1.807) is 11.3 Å². The minimum absolute atomic E-state index is 0.0705. The van der Waals surface area contributed by atoms with Gasteiger partial charge in [0, 0.05) is 18.0 Å². The first-order valence-electron chi connectivity index (χ1n) is 5.93. The number of imide groups is 1. The van der Waals surface area contributed by atoms with E-state index < -0.39 is 0 Å². The zero-order valence-electron chi connectivity index (χ0n) is 10.1. The van der Waals surface area contributed by atoms with Crippen molar-refractivity contribution in [1.82, 2.24) is 10.2 Å². The van der Waals surface area contributed by atoms with E-state index in [4.69, 9.17) is 0 Å². The first kappa shape index (κ1) is 13.7. The smallest absolute Gasteiger partial charge is 0.246 e. The van der Waals surface area contributed by atoms with Crippen LogP contribution in [-0.4, -0.2) is 35.8 Å². The maximum absolute atomic E-state index is 11.8. The standard InChI is InChI=1S/C12H15BrN2O2S/c1-2-15-11(16)7-9(12(15)17)14-6-5-8-3-4-10(13)18-8/h3-4,9,14H,2,5-7H2,1H3. The second-order valence-electron chi connectivity index (χ2n) is 4.14. The number of carbonyl (C=O) groups excluding carboxylic acids is 2. The van der Waals surface area contributed by atoms with E-state index >= 15 is 0 Å². The second-order valence-corrected chi connectivity index (χ2v) is 6.69. The maximum Gasteiger partial charge on any atom is 0.246 e. The molecule has 0 bridgehead atoms. The van der Waals surface area contributed by atoms with Crippen molar-refractivity contribution in [3.63, 3.8) is 0 Å². The predicted molar refractivity (Wildman–Crippen MR) is 74.5 cm³/mol. The highest BCUT2D eigenvalue weighted by Crippen LogP contribution is 2.22. The summed E-state index contributed by atoms with van der Waals surface area (Å²) in [6.45, 7) is 3.00. The highest BCUT2D eigenvalue weighted by molar-refractivity contribution is 9.11. The molecule has 18 heavy (non-hydrogen) atoms. The summed E-state index contributed by atoms with van der Waals surface area (Å²) in [6, 6.07) is 3.75. The van der Waals surface area contributed by atoms with Crippen LogP contribution >= 0.6 is 27.3 Å². The van der Waals surface area contributed by atoms with Gasteiger partial charge in [0.05, 0.1) is 16.2 Å². The summed E-state index contributed by atoms with van der Waals surface area (Å²) in [4.78, 5) is 25.9. The summed E-state index contributed by atoms with van der Waals surface area (Å²) in [5.74, 6) is -0.159. The van der Waals surface area contributed by atoms with Crippen LogP contribution in [0.3, 0.4) is 0 Å². The molecular formula is C12H15BrN2O2S. The number of nitrogens with one attached hydrogen (secondary N) is 1. The van der Waals surface area contributed by atoms with Crippen LogP contribution in [0.2, 0.25) is 0 Å². The molecule has 1 saturated heterocycles. The number of halogens is 1. The van der Waals surface area contributed by atoms with Crippen molar-refractivity contribution in [1.29, 1.82) is 0 Å². The summed E-state index contributed by atoms with van der Waals surface area (Å²) >= 11 is 5.11. The van der Waals surface area contributed by atoms with Gasteiger partial charge >= 0.3 is 0 Å². The van der Waals surface area contributed by atoms with Crippen LogP contribution in [0.5, 0.6) is 0 Å². The highest BCUT2D eigenvalue weighted by Gasteiger charge is 2.36. The number of hydrogen-bond acceptors (Lipinski definition) is 4. The highest BCUT2D eigenvalue weighted by atomic mass is 79.9. The number of likely N-dealkylation sites (N-methyl/N-ethyl adjacent to an activating group) is 1. The molecule has 1 aliphatic rings. The van der Waals surface area contributed by atoms with Crippen molar-refractivity contribution < 1.29 is 9.59 Å². The van der Waals surface area contributed by atoms with Gasteiger partial charge < -0.3 is 5.32 Å². The van der Waals surface area contributed by atoms with Crippen molar-refractivity contribution >= 4 is 39.1 Å². The van der Waals surface area contributed by atoms with E-state index in [-0.39, 0.29) is 17.9 Å². The first-order chi connectivity index (χ1) is 8.61. The Morgan fingerprint density at radius 3 is 2.83 bits per heavy atom. The van der Waals surface area contributed by atoms with Crippen LogP contribution in [0, 0.1) is 0 Å². The molecule has 0 saturated carbocycles. The van der Waals surface area contributed by atoms with Crippen LogP contribution < -0.4 is 5.32 Å². The summed E-state index contributed by atoms with van der Waals surface area (Å²) in [5, 5.41) is 3.16. The zero-order chi connectivity index (χ0) is 13.1. The molecule has 2 amide bonds. The van der Waals surface area contributed by atoms with E-state index in [2.05, 4.69) is 27.3 Å². The topological polar surface area (TPSA) is 49.4 Å². The summed E-state index contributed by atoms with van der Waals surface area (Å²) < 4.78 is 1.11. The zero-order valence-corrected chi connectivity index (χ0v) is 12.5. The molecule has 0 aliphatic carbocycles. The Labute approximate surface area is 118 Å². The van der Waals surface area contributed by atoms with Gasteiger partial charge in [-0.05, 0) is 41.4 Å². The molecular weight excluding hydrogens is 316 g/mol. The lowest BCUT2D eigenvalue weighted by Crippen LogP contribution is -2.39. The Balaban J connectivity index is 1.81. The van der Waals surface area contributed by atoms with Crippen LogP contribution in [-0.2, 0) is 16.0 Å². The van der Waals surface area contributed by atoms with Gasteiger partial charge in [0.15, 0.2) is 0 Å². The Kier molecular flexibility index (Phi) is 4.53. The number of likely N-dealkylation sites (tertiary alicyclic amines) is 1. The summed E-state index contributed by atoms with van der Waals surface area (Å²) in [5.41, 5.74) is 0. The predicted octanol–water partition coefficient (Wildman–Crippen LogP) is 1.79. The summed E-state index contributed by atoms with van der Waals surface area (Å²) in [7, 11) is 0. The molecule has 1 fully saturated rings. The van der Waals surface area contributed by atoms with Crippen molar-refractivity contribution in [3.8, 4) is 0 Å².